The van der Waals surface area contributed by atoms with Crippen molar-refractivity contribution in [1.82, 2.24) is 14.5 Å². The summed E-state index contributed by atoms with van der Waals surface area (Å²) >= 11 is 1.69. The first-order chi connectivity index (χ1) is 10.6. The normalized spacial score (nSPS) is 16.4. The van der Waals surface area contributed by atoms with Crippen LogP contribution < -0.4 is 10.5 Å². The van der Waals surface area contributed by atoms with E-state index in [1.165, 1.54) is 0 Å². The Hall–Kier alpha value is -1.69. The van der Waals surface area contributed by atoms with Crippen LogP contribution in [0.3, 0.4) is 0 Å². The predicted octanol–water partition coefficient (Wildman–Crippen LogP) is 2.74. The van der Waals surface area contributed by atoms with E-state index in [0.717, 1.165) is 43.3 Å². The van der Waals surface area contributed by atoms with Gasteiger partial charge in [0, 0.05) is 37.3 Å². The first-order valence-corrected chi connectivity index (χ1v) is 8.72. The van der Waals surface area contributed by atoms with Gasteiger partial charge in [-0.3, -0.25) is 9.36 Å². The molecule has 22 heavy (non-hydrogen) atoms. The number of rotatable bonds is 4. The van der Waals surface area contributed by atoms with Crippen molar-refractivity contribution in [3.63, 3.8) is 0 Å². The number of hydrogen-bond donors (Lipinski definition) is 0. The lowest BCUT2D eigenvalue weighted by molar-refractivity contribution is 0.350. The van der Waals surface area contributed by atoms with Crippen LogP contribution in [0.15, 0.2) is 28.8 Å². The van der Waals surface area contributed by atoms with Crippen molar-refractivity contribution in [3.05, 3.63) is 40.0 Å². The standard InChI is InChI=1S/C16H22N4OS/c1-12(2)14-9-15(21)20(11-18-14)10-13-3-6-19(7-4-13)16-17-5-8-22-16/h5,8-9,11-13H,3-4,6-7,10H2,1-2H3. The summed E-state index contributed by atoms with van der Waals surface area (Å²) in [6, 6.07) is 1.68. The van der Waals surface area contributed by atoms with Crippen molar-refractivity contribution in [3.8, 4) is 0 Å². The molecule has 0 radical (unpaired) electrons. The molecule has 2 aromatic rings. The van der Waals surface area contributed by atoms with Crippen molar-refractivity contribution in [1.29, 1.82) is 0 Å². The molecule has 3 heterocycles. The Morgan fingerprint density at radius 3 is 2.68 bits per heavy atom. The summed E-state index contributed by atoms with van der Waals surface area (Å²) < 4.78 is 1.76. The number of aromatic nitrogens is 3. The topological polar surface area (TPSA) is 51.0 Å². The van der Waals surface area contributed by atoms with Gasteiger partial charge in [0.25, 0.3) is 5.56 Å². The molecule has 1 fully saturated rings. The van der Waals surface area contributed by atoms with Gasteiger partial charge >= 0.3 is 0 Å². The van der Waals surface area contributed by atoms with Gasteiger partial charge in [0.1, 0.15) is 0 Å². The third-order valence-electron chi connectivity index (χ3n) is 4.25. The highest BCUT2D eigenvalue weighted by atomic mass is 32.1. The summed E-state index contributed by atoms with van der Waals surface area (Å²) in [5.74, 6) is 0.837. The molecule has 0 unspecified atom stereocenters. The highest BCUT2D eigenvalue weighted by Crippen LogP contribution is 2.25. The highest BCUT2D eigenvalue weighted by Gasteiger charge is 2.21. The lowest BCUT2D eigenvalue weighted by Crippen LogP contribution is -2.36. The van der Waals surface area contributed by atoms with E-state index >= 15 is 0 Å². The molecule has 5 nitrogen and oxygen atoms in total. The van der Waals surface area contributed by atoms with Crippen molar-refractivity contribution in [2.24, 2.45) is 5.92 Å². The second-order valence-electron chi connectivity index (χ2n) is 6.20. The van der Waals surface area contributed by atoms with Gasteiger partial charge in [0.2, 0.25) is 0 Å². The molecule has 1 aliphatic heterocycles. The molecule has 118 valence electrons. The minimum absolute atomic E-state index is 0.0704. The first-order valence-electron chi connectivity index (χ1n) is 7.84. The van der Waals surface area contributed by atoms with Crippen LogP contribution in [-0.4, -0.2) is 27.6 Å². The van der Waals surface area contributed by atoms with E-state index in [-0.39, 0.29) is 5.56 Å². The van der Waals surface area contributed by atoms with Gasteiger partial charge in [-0.2, -0.15) is 0 Å². The molecule has 0 atom stereocenters. The number of hydrogen-bond acceptors (Lipinski definition) is 5. The number of thiazole rings is 1. The maximum absolute atomic E-state index is 12.2. The fraction of sp³-hybridized carbons (Fsp3) is 0.562. The zero-order chi connectivity index (χ0) is 15.5. The van der Waals surface area contributed by atoms with E-state index in [1.54, 1.807) is 28.3 Å². The molecule has 0 saturated carbocycles. The molecule has 0 bridgehead atoms. The molecule has 0 N–H and O–H groups in total. The van der Waals surface area contributed by atoms with Crippen molar-refractivity contribution in [2.75, 3.05) is 18.0 Å². The highest BCUT2D eigenvalue weighted by molar-refractivity contribution is 7.13. The van der Waals surface area contributed by atoms with Gasteiger partial charge in [-0.15, -0.1) is 11.3 Å². The van der Waals surface area contributed by atoms with Crippen LogP contribution in [0.1, 0.15) is 38.3 Å². The minimum atomic E-state index is 0.0704. The average Bonchev–Trinajstić information content (AvgIpc) is 3.04. The van der Waals surface area contributed by atoms with Crippen LogP contribution in [0.25, 0.3) is 0 Å². The van der Waals surface area contributed by atoms with Crippen molar-refractivity contribution >= 4 is 16.5 Å². The fourth-order valence-corrected chi connectivity index (χ4v) is 3.55. The van der Waals surface area contributed by atoms with Gasteiger partial charge in [-0.05, 0) is 24.7 Å². The van der Waals surface area contributed by atoms with Crippen LogP contribution in [0.2, 0.25) is 0 Å². The summed E-state index contributed by atoms with van der Waals surface area (Å²) in [4.78, 5) is 23.3. The molecule has 6 heteroatoms. The van der Waals surface area contributed by atoms with E-state index < -0.39 is 0 Å². The van der Waals surface area contributed by atoms with E-state index in [4.69, 9.17) is 0 Å². The van der Waals surface area contributed by atoms with Crippen LogP contribution in [0.5, 0.6) is 0 Å². The Labute approximate surface area is 134 Å². The van der Waals surface area contributed by atoms with Gasteiger partial charge in [-0.1, -0.05) is 13.8 Å². The Bertz CT molecular complexity index is 657. The average molecular weight is 318 g/mol. The second kappa shape index (κ2) is 6.60. The summed E-state index contributed by atoms with van der Waals surface area (Å²) in [6.45, 7) is 6.92. The maximum atomic E-state index is 12.2. The van der Waals surface area contributed by atoms with E-state index in [2.05, 4.69) is 28.7 Å². The zero-order valence-corrected chi connectivity index (χ0v) is 13.9. The number of nitrogens with zero attached hydrogens (tertiary/aromatic N) is 4. The first kappa shape index (κ1) is 15.2. The van der Waals surface area contributed by atoms with E-state index in [1.807, 2.05) is 11.6 Å². The fourth-order valence-electron chi connectivity index (χ4n) is 2.85. The number of anilines is 1. The third kappa shape index (κ3) is 3.38. The van der Waals surface area contributed by atoms with Crippen LogP contribution in [0.4, 0.5) is 5.13 Å². The summed E-state index contributed by atoms with van der Waals surface area (Å²) in [6.07, 6.45) is 5.76. The third-order valence-corrected chi connectivity index (χ3v) is 5.08. The quantitative estimate of drug-likeness (QED) is 0.870. The zero-order valence-electron chi connectivity index (χ0n) is 13.1. The molecule has 0 aliphatic carbocycles. The molecule has 3 rings (SSSR count). The second-order valence-corrected chi connectivity index (χ2v) is 7.08. The monoisotopic (exact) mass is 318 g/mol. The van der Waals surface area contributed by atoms with Gasteiger partial charge in [0.05, 0.1) is 12.0 Å². The van der Waals surface area contributed by atoms with Crippen LogP contribution in [-0.2, 0) is 6.54 Å². The minimum Gasteiger partial charge on any atom is -0.348 e. The van der Waals surface area contributed by atoms with Gasteiger partial charge < -0.3 is 4.90 Å². The molecule has 0 spiro atoms. The Kier molecular flexibility index (Phi) is 4.57. The largest absolute Gasteiger partial charge is 0.348 e. The SMILES string of the molecule is CC(C)c1cc(=O)n(CC2CCN(c3nccs3)CC2)cn1. The summed E-state index contributed by atoms with van der Waals surface area (Å²) in [5.41, 5.74) is 0.945. The summed E-state index contributed by atoms with van der Waals surface area (Å²) in [5, 5.41) is 3.13. The maximum Gasteiger partial charge on any atom is 0.253 e. The predicted molar refractivity (Wildman–Crippen MR) is 89.6 cm³/mol. The molecular weight excluding hydrogens is 296 g/mol. The van der Waals surface area contributed by atoms with Crippen molar-refractivity contribution in [2.45, 2.75) is 39.2 Å². The molecule has 0 amide bonds. The van der Waals surface area contributed by atoms with Crippen molar-refractivity contribution < 1.29 is 0 Å². The smallest absolute Gasteiger partial charge is 0.253 e. The molecule has 0 aromatic carbocycles. The molecule has 1 aliphatic rings. The Morgan fingerprint density at radius 1 is 1.32 bits per heavy atom. The lowest BCUT2D eigenvalue weighted by Gasteiger charge is -2.31. The lowest BCUT2D eigenvalue weighted by atomic mass is 9.97. The van der Waals surface area contributed by atoms with Gasteiger partial charge in [0.15, 0.2) is 5.13 Å². The van der Waals surface area contributed by atoms with E-state index in [0.29, 0.717) is 11.8 Å². The number of piperidine rings is 1. The Balaban J connectivity index is 1.60. The summed E-state index contributed by atoms with van der Waals surface area (Å²) in [7, 11) is 0. The van der Waals surface area contributed by atoms with E-state index in [9.17, 15) is 4.79 Å². The van der Waals surface area contributed by atoms with Gasteiger partial charge in [-0.25, -0.2) is 9.97 Å². The molecular formula is C16H22N4OS. The Morgan fingerprint density at radius 2 is 2.09 bits per heavy atom. The van der Waals surface area contributed by atoms with Crippen LogP contribution >= 0.6 is 11.3 Å². The van der Waals surface area contributed by atoms with Crippen LogP contribution in [0, 0.1) is 5.92 Å². The molecule has 2 aromatic heterocycles. The molecule has 1 saturated heterocycles.